The number of ether oxygens (including phenoxy) is 1. The normalized spacial score (nSPS) is 13.6. The number of fused-ring (bicyclic) bond motifs is 1. The molecule has 0 aliphatic carbocycles. The maximum atomic E-state index is 5.47. The summed E-state index contributed by atoms with van der Waals surface area (Å²) in [6.45, 7) is 0.492. The molecular weight excluding hydrogens is 130 g/mol. The third-order valence-corrected chi connectivity index (χ3v) is 1.34. The molecule has 1 aliphatic rings. The molecule has 0 aromatic carbocycles. The predicted octanol–water partition coefficient (Wildman–Crippen LogP) is 0.426. The number of nitrogens with zero attached hydrogens (tertiary/aromatic N) is 1. The van der Waals surface area contributed by atoms with Gasteiger partial charge in [0.15, 0.2) is 6.73 Å². The third-order valence-electron chi connectivity index (χ3n) is 1.34. The first-order valence-corrected chi connectivity index (χ1v) is 2.98. The van der Waals surface area contributed by atoms with Crippen LogP contribution in [0.15, 0.2) is 12.3 Å². The number of nitrogen functional groups attached to an aromatic ring is 1. The van der Waals surface area contributed by atoms with Crippen LogP contribution < -0.4 is 15.8 Å². The molecular formula is C6H7N3O. The summed E-state index contributed by atoms with van der Waals surface area (Å²) in [6, 6.07) is 1.80. The first-order chi connectivity index (χ1) is 4.86. The van der Waals surface area contributed by atoms with E-state index in [0.717, 1.165) is 5.69 Å². The van der Waals surface area contributed by atoms with Gasteiger partial charge < -0.3 is 15.8 Å². The molecule has 0 saturated carbocycles. The van der Waals surface area contributed by atoms with Gasteiger partial charge in [-0.25, -0.2) is 4.98 Å². The van der Waals surface area contributed by atoms with Crippen molar-refractivity contribution in [3.05, 3.63) is 12.3 Å². The van der Waals surface area contributed by atoms with Crippen LogP contribution in [0.1, 0.15) is 0 Å². The number of nitrogens with two attached hydrogens (primary N) is 1. The Morgan fingerprint density at radius 1 is 1.70 bits per heavy atom. The summed E-state index contributed by atoms with van der Waals surface area (Å²) >= 11 is 0. The molecule has 2 rings (SSSR count). The molecule has 52 valence electrons. The third kappa shape index (κ3) is 0.655. The van der Waals surface area contributed by atoms with E-state index in [1.54, 1.807) is 12.3 Å². The van der Waals surface area contributed by atoms with Crippen LogP contribution in [0.25, 0.3) is 0 Å². The van der Waals surface area contributed by atoms with Gasteiger partial charge >= 0.3 is 0 Å². The molecule has 0 saturated heterocycles. The lowest BCUT2D eigenvalue weighted by molar-refractivity contribution is 0.359. The molecule has 0 bridgehead atoms. The van der Waals surface area contributed by atoms with E-state index in [4.69, 9.17) is 10.5 Å². The van der Waals surface area contributed by atoms with Crippen molar-refractivity contribution in [3.63, 3.8) is 0 Å². The predicted molar refractivity (Wildman–Crippen MR) is 37.8 cm³/mol. The minimum Gasteiger partial charge on any atom is -0.455 e. The number of pyridine rings is 1. The summed E-state index contributed by atoms with van der Waals surface area (Å²) in [7, 11) is 0. The monoisotopic (exact) mass is 137 g/mol. The van der Waals surface area contributed by atoms with Gasteiger partial charge in [-0.3, -0.25) is 0 Å². The van der Waals surface area contributed by atoms with Gasteiger partial charge in [0.2, 0.25) is 5.88 Å². The minimum atomic E-state index is 0.492. The number of aromatic nitrogens is 1. The molecule has 2 heterocycles. The zero-order valence-electron chi connectivity index (χ0n) is 5.29. The van der Waals surface area contributed by atoms with Crippen LogP contribution in [-0.2, 0) is 0 Å². The van der Waals surface area contributed by atoms with Crippen LogP contribution in [0.5, 0.6) is 5.88 Å². The molecule has 4 nitrogen and oxygen atoms in total. The van der Waals surface area contributed by atoms with Crippen LogP contribution >= 0.6 is 0 Å². The Bertz CT molecular complexity index is 261. The SMILES string of the molecule is Nc1cnc2c(c1)NCO2. The van der Waals surface area contributed by atoms with Crippen LogP contribution in [-0.4, -0.2) is 11.7 Å². The Hall–Kier alpha value is -1.45. The minimum absolute atomic E-state index is 0.492. The second-order valence-electron chi connectivity index (χ2n) is 2.09. The highest BCUT2D eigenvalue weighted by Crippen LogP contribution is 2.27. The Labute approximate surface area is 58.0 Å². The molecule has 0 radical (unpaired) electrons. The second kappa shape index (κ2) is 1.76. The Kier molecular flexibility index (Phi) is 0.943. The molecule has 0 fully saturated rings. The molecule has 3 N–H and O–H groups in total. The highest BCUT2D eigenvalue weighted by atomic mass is 16.5. The summed E-state index contributed by atoms with van der Waals surface area (Å²) < 4.78 is 5.08. The number of hydrogen-bond acceptors (Lipinski definition) is 4. The number of hydrogen-bond donors (Lipinski definition) is 2. The van der Waals surface area contributed by atoms with Crippen LogP contribution in [0.2, 0.25) is 0 Å². The largest absolute Gasteiger partial charge is 0.455 e. The fraction of sp³-hybridized carbons (Fsp3) is 0.167. The van der Waals surface area contributed by atoms with Crippen molar-refractivity contribution < 1.29 is 4.74 Å². The van der Waals surface area contributed by atoms with Crippen LogP contribution in [0, 0.1) is 0 Å². The van der Waals surface area contributed by atoms with Crippen molar-refractivity contribution in [2.24, 2.45) is 0 Å². The molecule has 0 amide bonds. The lowest BCUT2D eigenvalue weighted by Gasteiger charge is -1.95. The molecule has 1 aromatic heterocycles. The zero-order chi connectivity index (χ0) is 6.97. The smallest absolute Gasteiger partial charge is 0.239 e. The summed E-state index contributed by atoms with van der Waals surface area (Å²) in [6.07, 6.45) is 1.58. The quantitative estimate of drug-likeness (QED) is 0.544. The summed E-state index contributed by atoms with van der Waals surface area (Å²) in [5.41, 5.74) is 7.00. The fourth-order valence-corrected chi connectivity index (χ4v) is 0.892. The average molecular weight is 137 g/mol. The molecule has 1 aliphatic heterocycles. The van der Waals surface area contributed by atoms with E-state index in [-0.39, 0.29) is 0 Å². The zero-order valence-corrected chi connectivity index (χ0v) is 5.29. The lowest BCUT2D eigenvalue weighted by Crippen LogP contribution is -1.96. The van der Waals surface area contributed by atoms with Crippen molar-refractivity contribution >= 4 is 11.4 Å². The maximum absolute atomic E-state index is 5.47. The van der Waals surface area contributed by atoms with E-state index in [1.807, 2.05) is 0 Å². The number of rotatable bonds is 0. The van der Waals surface area contributed by atoms with E-state index in [0.29, 0.717) is 18.3 Å². The highest BCUT2D eigenvalue weighted by molar-refractivity contribution is 5.61. The van der Waals surface area contributed by atoms with Gasteiger partial charge in [0.05, 0.1) is 11.9 Å². The van der Waals surface area contributed by atoms with Crippen molar-refractivity contribution in [2.75, 3.05) is 17.8 Å². The van der Waals surface area contributed by atoms with E-state index in [9.17, 15) is 0 Å². The number of anilines is 2. The van der Waals surface area contributed by atoms with Gasteiger partial charge in [0, 0.05) is 0 Å². The fourth-order valence-electron chi connectivity index (χ4n) is 0.892. The first-order valence-electron chi connectivity index (χ1n) is 2.98. The highest BCUT2D eigenvalue weighted by Gasteiger charge is 2.11. The van der Waals surface area contributed by atoms with E-state index < -0.39 is 0 Å². The average Bonchev–Trinajstić information content (AvgIpc) is 2.33. The van der Waals surface area contributed by atoms with Gasteiger partial charge in [-0.1, -0.05) is 0 Å². The van der Waals surface area contributed by atoms with E-state index in [2.05, 4.69) is 10.3 Å². The second-order valence-corrected chi connectivity index (χ2v) is 2.09. The molecule has 0 unspecified atom stereocenters. The molecule has 0 atom stereocenters. The van der Waals surface area contributed by atoms with Crippen LogP contribution in [0.4, 0.5) is 11.4 Å². The molecule has 4 heteroatoms. The standard InChI is InChI=1S/C6H7N3O/c7-4-1-5-6(8-2-4)10-3-9-5/h1-2,9H,3,7H2. The summed E-state index contributed by atoms with van der Waals surface area (Å²) in [5.74, 6) is 0.634. The van der Waals surface area contributed by atoms with Crippen molar-refractivity contribution in [1.29, 1.82) is 0 Å². The number of nitrogens with one attached hydrogen (secondary N) is 1. The van der Waals surface area contributed by atoms with Crippen molar-refractivity contribution in [3.8, 4) is 5.88 Å². The van der Waals surface area contributed by atoms with E-state index in [1.165, 1.54) is 0 Å². The van der Waals surface area contributed by atoms with Gasteiger partial charge in [0.25, 0.3) is 0 Å². The lowest BCUT2D eigenvalue weighted by atomic mass is 10.4. The Balaban J connectivity index is 2.52. The van der Waals surface area contributed by atoms with Gasteiger partial charge in [-0.15, -0.1) is 0 Å². The van der Waals surface area contributed by atoms with Gasteiger partial charge in [-0.05, 0) is 6.07 Å². The molecule has 0 spiro atoms. The Morgan fingerprint density at radius 2 is 2.60 bits per heavy atom. The summed E-state index contributed by atoms with van der Waals surface area (Å²) in [5, 5.41) is 2.98. The molecule has 1 aromatic rings. The molecule has 10 heavy (non-hydrogen) atoms. The maximum Gasteiger partial charge on any atom is 0.239 e. The van der Waals surface area contributed by atoms with Crippen LogP contribution in [0.3, 0.4) is 0 Å². The Morgan fingerprint density at radius 3 is 3.50 bits per heavy atom. The van der Waals surface area contributed by atoms with Crippen molar-refractivity contribution in [1.82, 2.24) is 4.98 Å². The van der Waals surface area contributed by atoms with Gasteiger partial charge in [-0.2, -0.15) is 0 Å². The first kappa shape index (κ1) is 5.34. The van der Waals surface area contributed by atoms with Gasteiger partial charge in [0.1, 0.15) is 5.69 Å². The summed E-state index contributed by atoms with van der Waals surface area (Å²) in [4.78, 5) is 3.95. The van der Waals surface area contributed by atoms with Crippen molar-refractivity contribution in [2.45, 2.75) is 0 Å². The topological polar surface area (TPSA) is 60.2 Å². The van der Waals surface area contributed by atoms with E-state index >= 15 is 0 Å².